The first-order valence-corrected chi connectivity index (χ1v) is 10.7. The third kappa shape index (κ3) is 6.41. The van der Waals surface area contributed by atoms with Crippen molar-refractivity contribution in [1.82, 2.24) is 4.90 Å². The van der Waals surface area contributed by atoms with Gasteiger partial charge in [-0.3, -0.25) is 9.69 Å². The first kappa shape index (κ1) is 21.5. The van der Waals surface area contributed by atoms with Crippen LogP contribution in [0.3, 0.4) is 0 Å². The van der Waals surface area contributed by atoms with Crippen LogP contribution in [0.25, 0.3) is 0 Å². The van der Waals surface area contributed by atoms with Gasteiger partial charge in [-0.1, -0.05) is 67.6 Å². The second kappa shape index (κ2) is 11.1. The maximum atomic E-state index is 12.2. The van der Waals surface area contributed by atoms with Crippen LogP contribution in [-0.2, 0) is 27.4 Å². The highest BCUT2D eigenvalue weighted by molar-refractivity contribution is 5.70. The van der Waals surface area contributed by atoms with E-state index in [0.717, 1.165) is 19.4 Å². The summed E-state index contributed by atoms with van der Waals surface area (Å²) in [5.74, 6) is 0.419. The maximum Gasteiger partial charge on any atom is 0.307 e. The standard InChI is InChI=1S/C25H33NO3/c1-3-29-25(27)16-23-15-14-20(2)24(19-28-18-22-12-8-5-9-13-22)26(23)17-21-10-6-4-7-11-21/h4-13,20,23-24H,3,14-19H2,1-2H3/t20?,23-,24?/m1/s1. The Kier molecular flexibility index (Phi) is 8.26. The molecule has 3 rings (SSSR count). The number of ether oxygens (including phenoxy) is 2. The normalized spacial score (nSPS) is 22.3. The van der Waals surface area contributed by atoms with Gasteiger partial charge >= 0.3 is 5.97 Å². The monoisotopic (exact) mass is 395 g/mol. The fourth-order valence-electron chi connectivity index (χ4n) is 4.22. The van der Waals surface area contributed by atoms with Crippen LogP contribution < -0.4 is 0 Å². The minimum absolute atomic E-state index is 0.103. The largest absolute Gasteiger partial charge is 0.466 e. The summed E-state index contributed by atoms with van der Waals surface area (Å²) >= 11 is 0. The summed E-state index contributed by atoms with van der Waals surface area (Å²) in [5, 5.41) is 0. The number of carbonyl (C=O) groups is 1. The van der Waals surface area contributed by atoms with Crippen LogP contribution >= 0.6 is 0 Å². The van der Waals surface area contributed by atoms with Crippen LogP contribution in [0.5, 0.6) is 0 Å². The molecule has 156 valence electrons. The molecule has 1 aliphatic rings. The summed E-state index contributed by atoms with van der Waals surface area (Å²) in [7, 11) is 0. The third-order valence-corrected chi connectivity index (χ3v) is 5.82. The van der Waals surface area contributed by atoms with Gasteiger partial charge in [-0.2, -0.15) is 0 Å². The molecule has 0 amide bonds. The van der Waals surface area contributed by atoms with E-state index in [1.54, 1.807) is 0 Å². The molecule has 1 aliphatic heterocycles. The van der Waals surface area contributed by atoms with Gasteiger partial charge in [-0.05, 0) is 36.8 Å². The number of benzene rings is 2. The Balaban J connectivity index is 1.70. The van der Waals surface area contributed by atoms with Gasteiger partial charge in [0.05, 0.1) is 26.2 Å². The van der Waals surface area contributed by atoms with E-state index >= 15 is 0 Å². The van der Waals surface area contributed by atoms with E-state index in [1.807, 2.05) is 31.2 Å². The quantitative estimate of drug-likeness (QED) is 0.570. The Bertz CT molecular complexity index is 734. The van der Waals surface area contributed by atoms with Crippen LogP contribution in [-0.4, -0.2) is 36.2 Å². The van der Waals surface area contributed by atoms with Gasteiger partial charge in [0.1, 0.15) is 0 Å². The predicted molar refractivity (Wildman–Crippen MR) is 115 cm³/mol. The predicted octanol–water partition coefficient (Wildman–Crippen LogP) is 4.83. The first-order chi connectivity index (χ1) is 14.2. The molecular weight excluding hydrogens is 362 g/mol. The number of esters is 1. The van der Waals surface area contributed by atoms with Crippen molar-refractivity contribution in [2.24, 2.45) is 5.92 Å². The summed E-state index contributed by atoms with van der Waals surface area (Å²) in [5.41, 5.74) is 2.46. The van der Waals surface area contributed by atoms with Crippen molar-refractivity contribution < 1.29 is 14.3 Å². The van der Waals surface area contributed by atoms with Crippen molar-refractivity contribution in [1.29, 1.82) is 0 Å². The van der Waals surface area contributed by atoms with Crippen molar-refractivity contribution in [2.75, 3.05) is 13.2 Å². The van der Waals surface area contributed by atoms with E-state index in [2.05, 4.69) is 48.2 Å². The lowest BCUT2D eigenvalue weighted by molar-refractivity contribution is -0.146. The molecule has 4 nitrogen and oxygen atoms in total. The van der Waals surface area contributed by atoms with Gasteiger partial charge in [0.2, 0.25) is 0 Å². The molecule has 0 spiro atoms. The Hall–Kier alpha value is -2.17. The topological polar surface area (TPSA) is 38.8 Å². The fraction of sp³-hybridized carbons (Fsp3) is 0.480. The van der Waals surface area contributed by atoms with Crippen molar-refractivity contribution in [3.05, 3.63) is 71.8 Å². The summed E-state index contributed by atoms with van der Waals surface area (Å²) < 4.78 is 11.4. The van der Waals surface area contributed by atoms with Crippen LogP contribution in [0.4, 0.5) is 0 Å². The highest BCUT2D eigenvalue weighted by Crippen LogP contribution is 2.31. The first-order valence-electron chi connectivity index (χ1n) is 10.7. The van der Waals surface area contributed by atoms with E-state index in [0.29, 0.717) is 32.2 Å². The van der Waals surface area contributed by atoms with E-state index in [-0.39, 0.29) is 18.1 Å². The zero-order valence-corrected chi connectivity index (χ0v) is 17.6. The molecular formula is C25H33NO3. The highest BCUT2D eigenvalue weighted by Gasteiger charge is 2.36. The molecule has 0 radical (unpaired) electrons. The number of rotatable bonds is 9. The zero-order valence-electron chi connectivity index (χ0n) is 17.6. The molecule has 0 aromatic heterocycles. The molecule has 0 aliphatic carbocycles. The minimum Gasteiger partial charge on any atom is -0.466 e. The van der Waals surface area contributed by atoms with Gasteiger partial charge in [0.15, 0.2) is 0 Å². The number of hydrogen-bond donors (Lipinski definition) is 0. The van der Waals surface area contributed by atoms with Crippen LogP contribution in [0, 0.1) is 5.92 Å². The highest BCUT2D eigenvalue weighted by atomic mass is 16.5. The molecule has 2 aromatic carbocycles. The molecule has 2 aromatic rings. The SMILES string of the molecule is CCOC(=O)C[C@H]1CCC(C)C(COCc2ccccc2)N1Cc1ccccc1. The van der Waals surface area contributed by atoms with Crippen molar-refractivity contribution in [3.8, 4) is 0 Å². The fourth-order valence-corrected chi connectivity index (χ4v) is 4.22. The molecule has 1 saturated heterocycles. The second-order valence-electron chi connectivity index (χ2n) is 7.94. The number of nitrogens with zero attached hydrogens (tertiary/aromatic N) is 1. The van der Waals surface area contributed by atoms with Crippen molar-refractivity contribution >= 4 is 5.97 Å². The number of carbonyl (C=O) groups excluding carboxylic acids is 1. The Morgan fingerprint density at radius 3 is 2.31 bits per heavy atom. The molecule has 4 heteroatoms. The Morgan fingerprint density at radius 2 is 1.66 bits per heavy atom. The van der Waals surface area contributed by atoms with Crippen LogP contribution in [0.15, 0.2) is 60.7 Å². The summed E-state index contributed by atoms with van der Waals surface area (Å²) in [6, 6.07) is 21.3. The lowest BCUT2D eigenvalue weighted by Gasteiger charge is -2.45. The molecule has 0 bridgehead atoms. The third-order valence-electron chi connectivity index (χ3n) is 5.82. The molecule has 1 heterocycles. The van der Waals surface area contributed by atoms with E-state index < -0.39 is 0 Å². The maximum absolute atomic E-state index is 12.2. The molecule has 29 heavy (non-hydrogen) atoms. The lowest BCUT2D eigenvalue weighted by atomic mass is 9.85. The summed E-state index contributed by atoms with van der Waals surface area (Å²) in [4.78, 5) is 14.7. The van der Waals surface area contributed by atoms with Crippen molar-refractivity contribution in [2.45, 2.75) is 58.3 Å². The van der Waals surface area contributed by atoms with Gasteiger partial charge in [-0.15, -0.1) is 0 Å². The van der Waals surface area contributed by atoms with E-state index in [1.165, 1.54) is 11.1 Å². The molecule has 0 N–H and O–H groups in total. The molecule has 0 saturated carbocycles. The zero-order chi connectivity index (χ0) is 20.5. The molecule has 2 unspecified atom stereocenters. The Morgan fingerprint density at radius 1 is 1.00 bits per heavy atom. The summed E-state index contributed by atoms with van der Waals surface area (Å²) in [6.07, 6.45) is 2.57. The van der Waals surface area contributed by atoms with Gasteiger partial charge in [0.25, 0.3) is 0 Å². The second-order valence-corrected chi connectivity index (χ2v) is 7.94. The van der Waals surface area contributed by atoms with Crippen LogP contribution in [0.1, 0.15) is 44.2 Å². The van der Waals surface area contributed by atoms with Gasteiger partial charge in [0, 0.05) is 18.6 Å². The van der Waals surface area contributed by atoms with Crippen molar-refractivity contribution in [3.63, 3.8) is 0 Å². The Labute approximate surface area is 174 Å². The molecule has 3 atom stereocenters. The van der Waals surface area contributed by atoms with Crippen LogP contribution in [0.2, 0.25) is 0 Å². The average Bonchev–Trinajstić information content (AvgIpc) is 2.74. The number of hydrogen-bond acceptors (Lipinski definition) is 4. The van der Waals surface area contributed by atoms with E-state index in [9.17, 15) is 4.79 Å². The van der Waals surface area contributed by atoms with Gasteiger partial charge in [-0.25, -0.2) is 0 Å². The minimum atomic E-state index is -0.103. The average molecular weight is 396 g/mol. The number of likely N-dealkylation sites (tertiary alicyclic amines) is 1. The smallest absolute Gasteiger partial charge is 0.307 e. The number of piperidine rings is 1. The van der Waals surface area contributed by atoms with Gasteiger partial charge < -0.3 is 9.47 Å². The van der Waals surface area contributed by atoms with E-state index in [4.69, 9.17) is 9.47 Å². The lowest BCUT2D eigenvalue weighted by Crippen LogP contribution is -2.52. The summed E-state index contributed by atoms with van der Waals surface area (Å²) in [6.45, 7) is 6.71. The molecule has 1 fully saturated rings.